The molecule has 2 N–H and O–H groups in total. The zero-order valence-corrected chi connectivity index (χ0v) is 17.4. The lowest BCUT2D eigenvalue weighted by atomic mass is 10.1. The zero-order valence-electron chi connectivity index (χ0n) is 17.4. The van der Waals surface area contributed by atoms with Crippen molar-refractivity contribution in [2.24, 2.45) is 0 Å². The van der Waals surface area contributed by atoms with E-state index in [0.29, 0.717) is 31.9 Å². The maximum absolute atomic E-state index is 12.0. The van der Waals surface area contributed by atoms with Crippen molar-refractivity contribution in [3.63, 3.8) is 0 Å². The lowest BCUT2D eigenvalue weighted by Gasteiger charge is -2.13. The minimum Gasteiger partial charge on any atom is -0.494 e. The molecule has 1 amide bonds. The van der Waals surface area contributed by atoms with E-state index in [1.54, 1.807) is 31.2 Å². The molecular formula is C23H29NO6. The Morgan fingerprint density at radius 3 is 2.40 bits per heavy atom. The fraction of sp³-hybridized carbons (Fsp3) is 0.391. The molecule has 0 fully saturated rings. The number of hydrogen-bond acceptors (Lipinski definition) is 5. The van der Waals surface area contributed by atoms with Gasteiger partial charge in [0.25, 0.3) is 5.91 Å². The summed E-state index contributed by atoms with van der Waals surface area (Å²) in [7, 11) is 0. The van der Waals surface area contributed by atoms with Crippen LogP contribution in [0.15, 0.2) is 48.5 Å². The van der Waals surface area contributed by atoms with E-state index >= 15 is 0 Å². The molecule has 2 rings (SSSR count). The number of benzene rings is 2. The van der Waals surface area contributed by atoms with Gasteiger partial charge < -0.3 is 24.6 Å². The first-order valence-electron chi connectivity index (χ1n) is 10.1. The smallest absolute Gasteiger partial charge is 0.333 e. The van der Waals surface area contributed by atoms with Gasteiger partial charge in [-0.1, -0.05) is 30.3 Å². The fourth-order valence-corrected chi connectivity index (χ4v) is 2.90. The highest BCUT2D eigenvalue weighted by atomic mass is 16.5. The van der Waals surface area contributed by atoms with Crippen LogP contribution in [0.4, 0.5) is 0 Å². The Labute approximate surface area is 177 Å². The first-order chi connectivity index (χ1) is 14.5. The van der Waals surface area contributed by atoms with Crippen molar-refractivity contribution >= 4 is 11.9 Å². The number of hydrogen-bond donors (Lipinski definition) is 2. The van der Waals surface area contributed by atoms with Crippen molar-refractivity contribution < 1.29 is 28.9 Å². The quantitative estimate of drug-likeness (QED) is 0.523. The van der Waals surface area contributed by atoms with Crippen LogP contribution in [0.3, 0.4) is 0 Å². The first-order valence-corrected chi connectivity index (χ1v) is 10.1. The van der Waals surface area contributed by atoms with Gasteiger partial charge in [-0.2, -0.15) is 0 Å². The predicted molar refractivity (Wildman–Crippen MR) is 113 cm³/mol. The van der Waals surface area contributed by atoms with Crippen LogP contribution in [-0.4, -0.2) is 49.5 Å². The standard InChI is InChI=1S/C23H29NO6/c1-3-28-20-8-6-5-7-18(20)13-14-24-22(25)16-30-19-11-9-17(10-12-19)15-21(23(26)27)29-4-2/h5-12,21H,3-4,13-16H2,1-2H3,(H,24,25)(H,26,27)/t21-/m0/s1. The van der Waals surface area contributed by atoms with Gasteiger partial charge in [0, 0.05) is 19.6 Å². The summed E-state index contributed by atoms with van der Waals surface area (Å²) in [5, 5.41) is 12.0. The molecule has 0 aliphatic carbocycles. The number of carbonyl (C=O) groups excluding carboxylic acids is 1. The minimum absolute atomic E-state index is 0.0941. The highest BCUT2D eigenvalue weighted by molar-refractivity contribution is 5.77. The number of aliphatic carboxylic acids is 1. The van der Waals surface area contributed by atoms with Crippen LogP contribution in [0.2, 0.25) is 0 Å². The third-order valence-electron chi connectivity index (χ3n) is 4.35. The molecule has 7 heteroatoms. The van der Waals surface area contributed by atoms with Gasteiger partial charge in [-0.05, 0) is 49.6 Å². The van der Waals surface area contributed by atoms with Gasteiger partial charge in [0.2, 0.25) is 0 Å². The molecule has 2 aromatic carbocycles. The number of amides is 1. The van der Waals surface area contributed by atoms with Crippen LogP contribution in [0.5, 0.6) is 11.5 Å². The molecule has 2 aromatic rings. The Kier molecular flexibility index (Phi) is 9.67. The summed E-state index contributed by atoms with van der Waals surface area (Å²) < 4.78 is 16.3. The molecule has 0 aliphatic rings. The molecule has 0 saturated heterocycles. The summed E-state index contributed by atoms with van der Waals surface area (Å²) in [6, 6.07) is 14.7. The molecule has 0 saturated carbocycles. The summed E-state index contributed by atoms with van der Waals surface area (Å²) in [6.45, 7) is 5.02. The van der Waals surface area contributed by atoms with Crippen molar-refractivity contribution in [1.29, 1.82) is 0 Å². The van der Waals surface area contributed by atoms with Crippen LogP contribution >= 0.6 is 0 Å². The van der Waals surface area contributed by atoms with Crippen molar-refractivity contribution in [2.45, 2.75) is 32.8 Å². The Hall–Kier alpha value is -3.06. The lowest BCUT2D eigenvalue weighted by molar-refractivity contribution is -0.150. The van der Waals surface area contributed by atoms with Crippen molar-refractivity contribution in [2.75, 3.05) is 26.4 Å². The average molecular weight is 415 g/mol. The molecule has 0 spiro atoms. The minimum atomic E-state index is -0.988. The lowest BCUT2D eigenvalue weighted by Crippen LogP contribution is -2.30. The number of carboxylic acid groups (broad SMARTS) is 1. The molecule has 0 heterocycles. The van der Waals surface area contributed by atoms with Gasteiger partial charge in [-0.3, -0.25) is 4.79 Å². The number of carbonyl (C=O) groups is 2. The molecule has 162 valence electrons. The topological polar surface area (TPSA) is 94.1 Å². The molecule has 30 heavy (non-hydrogen) atoms. The monoisotopic (exact) mass is 415 g/mol. The van der Waals surface area contributed by atoms with Crippen LogP contribution in [0, 0.1) is 0 Å². The summed E-state index contributed by atoms with van der Waals surface area (Å²) in [5.41, 5.74) is 1.86. The molecular weight excluding hydrogens is 386 g/mol. The summed E-state index contributed by atoms with van der Waals surface area (Å²) in [4.78, 5) is 23.2. The molecule has 0 aliphatic heterocycles. The fourth-order valence-electron chi connectivity index (χ4n) is 2.90. The SMILES string of the molecule is CCOc1ccccc1CCNC(=O)COc1ccc(C[C@H](OCC)C(=O)O)cc1. The van der Waals surface area contributed by atoms with E-state index in [4.69, 9.17) is 19.3 Å². The molecule has 1 atom stereocenters. The normalized spacial score (nSPS) is 11.5. The number of ether oxygens (including phenoxy) is 3. The molecule has 7 nitrogen and oxygen atoms in total. The second-order valence-electron chi connectivity index (χ2n) is 6.56. The molecule has 0 radical (unpaired) electrons. The largest absolute Gasteiger partial charge is 0.494 e. The second-order valence-corrected chi connectivity index (χ2v) is 6.56. The van der Waals surface area contributed by atoms with Gasteiger partial charge >= 0.3 is 5.97 Å². The van der Waals surface area contributed by atoms with Gasteiger partial charge in [-0.25, -0.2) is 4.79 Å². The number of carboxylic acids is 1. The predicted octanol–water partition coefficient (Wildman–Crippen LogP) is 2.86. The zero-order chi connectivity index (χ0) is 21.8. The van der Waals surface area contributed by atoms with Gasteiger partial charge in [-0.15, -0.1) is 0 Å². The third-order valence-corrected chi connectivity index (χ3v) is 4.35. The van der Waals surface area contributed by atoms with E-state index < -0.39 is 12.1 Å². The highest BCUT2D eigenvalue weighted by Crippen LogP contribution is 2.18. The van der Waals surface area contributed by atoms with Crippen LogP contribution in [0.25, 0.3) is 0 Å². The van der Waals surface area contributed by atoms with Crippen LogP contribution < -0.4 is 14.8 Å². The van der Waals surface area contributed by atoms with E-state index in [0.717, 1.165) is 16.9 Å². The Morgan fingerprint density at radius 1 is 1.00 bits per heavy atom. The van der Waals surface area contributed by atoms with Gasteiger partial charge in [0.1, 0.15) is 11.5 Å². The van der Waals surface area contributed by atoms with Crippen LogP contribution in [0.1, 0.15) is 25.0 Å². The summed E-state index contributed by atoms with van der Waals surface area (Å²) in [5.74, 6) is 0.173. The molecule has 0 bridgehead atoms. The van der Waals surface area contributed by atoms with E-state index in [2.05, 4.69) is 5.32 Å². The maximum Gasteiger partial charge on any atom is 0.333 e. The van der Waals surface area contributed by atoms with Crippen molar-refractivity contribution in [1.82, 2.24) is 5.32 Å². The highest BCUT2D eigenvalue weighted by Gasteiger charge is 2.17. The van der Waals surface area contributed by atoms with E-state index in [9.17, 15) is 9.59 Å². The van der Waals surface area contributed by atoms with Crippen molar-refractivity contribution in [3.05, 3.63) is 59.7 Å². The summed E-state index contributed by atoms with van der Waals surface area (Å²) >= 11 is 0. The first kappa shape index (κ1) is 23.2. The number of rotatable bonds is 13. The van der Waals surface area contributed by atoms with E-state index in [1.807, 2.05) is 31.2 Å². The van der Waals surface area contributed by atoms with E-state index in [1.165, 1.54) is 0 Å². The maximum atomic E-state index is 12.0. The average Bonchev–Trinajstić information content (AvgIpc) is 2.74. The van der Waals surface area contributed by atoms with Crippen molar-refractivity contribution in [3.8, 4) is 11.5 Å². The number of para-hydroxylation sites is 1. The summed E-state index contributed by atoms with van der Waals surface area (Å²) in [6.07, 6.45) is 0.0642. The Balaban J connectivity index is 1.75. The third kappa shape index (κ3) is 7.75. The van der Waals surface area contributed by atoms with Gasteiger partial charge in [0.05, 0.1) is 6.61 Å². The van der Waals surface area contributed by atoms with Gasteiger partial charge in [0.15, 0.2) is 12.7 Å². The van der Waals surface area contributed by atoms with E-state index in [-0.39, 0.29) is 18.9 Å². The number of nitrogens with one attached hydrogen (secondary N) is 1. The second kappa shape index (κ2) is 12.5. The molecule has 0 unspecified atom stereocenters. The molecule has 0 aromatic heterocycles. The van der Waals surface area contributed by atoms with Crippen LogP contribution in [-0.2, 0) is 27.2 Å². The Bertz CT molecular complexity index is 806. The Morgan fingerprint density at radius 2 is 1.73 bits per heavy atom.